The molecular formula is C18H27FN4O2. The molecule has 0 saturated carbocycles. The van der Waals surface area contributed by atoms with Gasteiger partial charge in [-0.25, -0.2) is 4.39 Å². The first-order valence-electron chi connectivity index (χ1n) is 8.66. The van der Waals surface area contributed by atoms with E-state index in [-0.39, 0.29) is 29.6 Å². The number of piperazine rings is 1. The Morgan fingerprint density at radius 1 is 1.20 bits per heavy atom. The summed E-state index contributed by atoms with van der Waals surface area (Å²) in [7, 11) is 1.83. The Kier molecular flexibility index (Phi) is 6.90. The number of anilines is 1. The van der Waals surface area contributed by atoms with Gasteiger partial charge in [0.15, 0.2) is 0 Å². The first-order chi connectivity index (χ1) is 11.9. The van der Waals surface area contributed by atoms with Gasteiger partial charge < -0.3 is 15.5 Å². The Morgan fingerprint density at radius 2 is 1.88 bits per heavy atom. The molecule has 0 spiro atoms. The van der Waals surface area contributed by atoms with Crippen molar-refractivity contribution in [3.8, 4) is 0 Å². The van der Waals surface area contributed by atoms with Crippen LogP contribution in [0.5, 0.6) is 0 Å². The number of benzene rings is 1. The van der Waals surface area contributed by atoms with Crippen molar-refractivity contribution in [2.75, 3.05) is 45.1 Å². The van der Waals surface area contributed by atoms with Gasteiger partial charge in [-0.05, 0) is 32.2 Å². The van der Waals surface area contributed by atoms with Crippen LogP contribution in [0.1, 0.15) is 13.8 Å². The topological polar surface area (TPSA) is 64.7 Å². The van der Waals surface area contributed by atoms with E-state index in [0.29, 0.717) is 38.4 Å². The molecule has 1 fully saturated rings. The van der Waals surface area contributed by atoms with Gasteiger partial charge in [0.1, 0.15) is 5.82 Å². The molecule has 2 atom stereocenters. The highest BCUT2D eigenvalue weighted by Gasteiger charge is 2.29. The van der Waals surface area contributed by atoms with E-state index in [0.717, 1.165) is 0 Å². The number of hydrogen-bond donors (Lipinski definition) is 2. The quantitative estimate of drug-likeness (QED) is 0.808. The lowest BCUT2D eigenvalue weighted by Gasteiger charge is -2.38. The standard InChI is InChI=1S/C18H27FN4O2/c1-13(12-20-3)18(25)23-9-7-22(8-10-23)14(2)17(24)21-16-6-4-5-15(19)11-16/h4-6,11,13-14,20H,7-10,12H2,1-3H3,(H,21,24). The number of rotatable bonds is 6. The number of nitrogens with zero attached hydrogens (tertiary/aromatic N) is 2. The van der Waals surface area contributed by atoms with Gasteiger partial charge in [-0.3, -0.25) is 14.5 Å². The van der Waals surface area contributed by atoms with Crippen molar-refractivity contribution in [2.45, 2.75) is 19.9 Å². The molecular weight excluding hydrogens is 323 g/mol. The van der Waals surface area contributed by atoms with E-state index in [2.05, 4.69) is 10.6 Å². The summed E-state index contributed by atoms with van der Waals surface area (Å²) in [6, 6.07) is 5.52. The molecule has 0 aliphatic carbocycles. The van der Waals surface area contributed by atoms with Crippen molar-refractivity contribution in [2.24, 2.45) is 5.92 Å². The zero-order valence-electron chi connectivity index (χ0n) is 15.1. The van der Waals surface area contributed by atoms with E-state index >= 15 is 0 Å². The zero-order valence-corrected chi connectivity index (χ0v) is 15.1. The average molecular weight is 350 g/mol. The van der Waals surface area contributed by atoms with Gasteiger partial charge in [0.05, 0.1) is 6.04 Å². The minimum atomic E-state index is -0.381. The predicted octanol–water partition coefficient (Wildman–Crippen LogP) is 1.15. The Labute approximate surface area is 148 Å². The summed E-state index contributed by atoms with van der Waals surface area (Å²) in [5, 5.41) is 5.76. The summed E-state index contributed by atoms with van der Waals surface area (Å²) in [6.07, 6.45) is 0. The second-order valence-corrected chi connectivity index (χ2v) is 6.50. The molecule has 1 aliphatic heterocycles. The van der Waals surface area contributed by atoms with E-state index in [1.165, 1.54) is 12.1 Å². The molecule has 1 aliphatic rings. The number of carbonyl (C=O) groups is 2. The van der Waals surface area contributed by atoms with Crippen molar-refractivity contribution >= 4 is 17.5 Å². The smallest absolute Gasteiger partial charge is 0.241 e. The third kappa shape index (κ3) is 5.24. The molecule has 1 aromatic carbocycles. The Hall–Kier alpha value is -1.99. The maximum absolute atomic E-state index is 13.2. The second kappa shape index (κ2) is 8.92. The van der Waals surface area contributed by atoms with Crippen molar-refractivity contribution in [1.82, 2.24) is 15.1 Å². The first-order valence-corrected chi connectivity index (χ1v) is 8.66. The van der Waals surface area contributed by atoms with Gasteiger partial charge in [-0.15, -0.1) is 0 Å². The van der Waals surface area contributed by atoms with Crippen LogP contribution in [0, 0.1) is 11.7 Å². The number of hydrogen-bond acceptors (Lipinski definition) is 4. The van der Waals surface area contributed by atoms with Crippen molar-refractivity contribution in [1.29, 1.82) is 0 Å². The molecule has 0 radical (unpaired) electrons. The molecule has 2 amide bonds. The van der Waals surface area contributed by atoms with Gasteiger partial charge in [0.2, 0.25) is 11.8 Å². The first kappa shape index (κ1) is 19.3. The zero-order chi connectivity index (χ0) is 18.4. The monoisotopic (exact) mass is 350 g/mol. The summed E-state index contributed by atoms with van der Waals surface area (Å²) in [4.78, 5) is 28.6. The second-order valence-electron chi connectivity index (χ2n) is 6.50. The number of carbonyl (C=O) groups excluding carboxylic acids is 2. The lowest BCUT2D eigenvalue weighted by molar-refractivity contribution is -0.137. The highest BCUT2D eigenvalue weighted by atomic mass is 19.1. The van der Waals surface area contributed by atoms with Crippen LogP contribution in [0.15, 0.2) is 24.3 Å². The molecule has 0 aromatic heterocycles. The predicted molar refractivity (Wildman–Crippen MR) is 95.7 cm³/mol. The van der Waals surface area contributed by atoms with Crippen LogP contribution >= 0.6 is 0 Å². The van der Waals surface area contributed by atoms with Gasteiger partial charge in [-0.1, -0.05) is 13.0 Å². The van der Waals surface area contributed by atoms with E-state index in [1.807, 2.05) is 30.7 Å². The fourth-order valence-electron chi connectivity index (χ4n) is 3.01. The molecule has 138 valence electrons. The van der Waals surface area contributed by atoms with Crippen LogP contribution in [0.3, 0.4) is 0 Å². The summed E-state index contributed by atoms with van der Waals surface area (Å²) in [5.41, 5.74) is 0.451. The van der Waals surface area contributed by atoms with Crippen LogP contribution in [-0.4, -0.2) is 67.4 Å². The van der Waals surface area contributed by atoms with Gasteiger partial charge in [-0.2, -0.15) is 0 Å². The minimum absolute atomic E-state index is 0.0507. The number of nitrogens with one attached hydrogen (secondary N) is 2. The number of halogens is 1. The maximum Gasteiger partial charge on any atom is 0.241 e. The fraction of sp³-hybridized carbons (Fsp3) is 0.556. The Morgan fingerprint density at radius 3 is 2.48 bits per heavy atom. The molecule has 25 heavy (non-hydrogen) atoms. The summed E-state index contributed by atoms with van der Waals surface area (Å²) < 4.78 is 13.2. The molecule has 1 aromatic rings. The lowest BCUT2D eigenvalue weighted by atomic mass is 10.1. The SMILES string of the molecule is CNCC(C)C(=O)N1CCN(C(C)C(=O)Nc2cccc(F)c2)CC1. The minimum Gasteiger partial charge on any atom is -0.340 e. The Balaban J connectivity index is 1.85. The van der Waals surface area contributed by atoms with Crippen molar-refractivity contribution < 1.29 is 14.0 Å². The van der Waals surface area contributed by atoms with Crippen LogP contribution in [0.4, 0.5) is 10.1 Å². The van der Waals surface area contributed by atoms with E-state index < -0.39 is 0 Å². The molecule has 0 bridgehead atoms. The van der Waals surface area contributed by atoms with Gasteiger partial charge in [0, 0.05) is 44.3 Å². The molecule has 7 heteroatoms. The Bertz CT molecular complexity index is 602. The van der Waals surface area contributed by atoms with Crippen LogP contribution in [0.2, 0.25) is 0 Å². The maximum atomic E-state index is 13.2. The average Bonchev–Trinajstić information content (AvgIpc) is 2.60. The normalized spacial score (nSPS) is 17.8. The summed E-state index contributed by atoms with van der Waals surface area (Å²) in [5.74, 6) is -0.460. The largest absolute Gasteiger partial charge is 0.340 e. The highest BCUT2D eigenvalue weighted by molar-refractivity contribution is 5.94. The fourth-order valence-corrected chi connectivity index (χ4v) is 3.01. The number of amides is 2. The lowest BCUT2D eigenvalue weighted by Crippen LogP contribution is -2.55. The van der Waals surface area contributed by atoms with Crippen LogP contribution < -0.4 is 10.6 Å². The third-order valence-electron chi connectivity index (χ3n) is 4.58. The summed E-state index contributed by atoms with van der Waals surface area (Å²) >= 11 is 0. The molecule has 2 unspecified atom stereocenters. The van der Waals surface area contributed by atoms with E-state index in [9.17, 15) is 14.0 Å². The van der Waals surface area contributed by atoms with E-state index in [4.69, 9.17) is 0 Å². The molecule has 6 nitrogen and oxygen atoms in total. The molecule has 2 rings (SSSR count). The summed E-state index contributed by atoms with van der Waals surface area (Å²) in [6.45, 7) is 6.93. The van der Waals surface area contributed by atoms with Gasteiger partial charge in [0.25, 0.3) is 0 Å². The van der Waals surface area contributed by atoms with E-state index in [1.54, 1.807) is 12.1 Å². The molecule has 1 saturated heterocycles. The van der Waals surface area contributed by atoms with Crippen LogP contribution in [0.25, 0.3) is 0 Å². The van der Waals surface area contributed by atoms with Crippen LogP contribution in [-0.2, 0) is 9.59 Å². The van der Waals surface area contributed by atoms with Crippen molar-refractivity contribution in [3.05, 3.63) is 30.1 Å². The molecule has 2 N–H and O–H groups in total. The third-order valence-corrected chi connectivity index (χ3v) is 4.58. The van der Waals surface area contributed by atoms with Gasteiger partial charge >= 0.3 is 0 Å². The van der Waals surface area contributed by atoms with Crippen molar-refractivity contribution in [3.63, 3.8) is 0 Å². The molecule has 1 heterocycles. The highest BCUT2D eigenvalue weighted by Crippen LogP contribution is 2.13.